The molecule has 0 spiro atoms. The van der Waals surface area contributed by atoms with Gasteiger partial charge in [0.25, 0.3) is 0 Å². The Morgan fingerprint density at radius 1 is 1.17 bits per heavy atom. The van der Waals surface area contributed by atoms with Crippen LogP contribution in [0, 0.1) is 0 Å². The zero-order chi connectivity index (χ0) is 17.2. The lowest BCUT2D eigenvalue weighted by Crippen LogP contribution is -2.20. The van der Waals surface area contributed by atoms with Crippen LogP contribution < -0.4 is 4.74 Å². The van der Waals surface area contributed by atoms with Crippen LogP contribution in [0.1, 0.15) is 29.3 Å². The second-order valence-electron chi connectivity index (χ2n) is 6.01. The lowest BCUT2D eigenvalue weighted by Gasteiger charge is -2.16. The third-order valence-electron chi connectivity index (χ3n) is 4.32. The Kier molecular flexibility index (Phi) is 4.76. The molecule has 1 aromatic heterocycles. The Morgan fingerprint density at radius 2 is 1.92 bits per heavy atom. The van der Waals surface area contributed by atoms with Crippen molar-refractivity contribution in [1.29, 1.82) is 0 Å². The molecule has 2 heterocycles. The zero-order valence-corrected chi connectivity index (χ0v) is 13.4. The summed E-state index contributed by atoms with van der Waals surface area (Å²) in [6.45, 7) is 2.36. The summed E-state index contributed by atoms with van der Waals surface area (Å²) in [5.74, 6) is 0.858. The minimum absolute atomic E-state index is 0.0468. The Hall–Kier alpha value is -2.08. The first kappa shape index (κ1) is 16.8. The summed E-state index contributed by atoms with van der Waals surface area (Å²) in [6, 6.07) is 12.0. The summed E-state index contributed by atoms with van der Waals surface area (Å²) in [5.41, 5.74) is 0.879. The fraction of sp³-hybridized carbons (Fsp3) is 0.389. The number of likely N-dealkylation sites (tertiary alicyclic amines) is 1. The fourth-order valence-corrected chi connectivity index (χ4v) is 3.04. The van der Waals surface area contributed by atoms with Crippen LogP contribution in [0.15, 0.2) is 42.5 Å². The highest BCUT2D eigenvalue weighted by Crippen LogP contribution is 2.31. The molecule has 1 atom stereocenters. The lowest BCUT2D eigenvalue weighted by molar-refractivity contribution is -0.141. The van der Waals surface area contributed by atoms with Gasteiger partial charge >= 0.3 is 6.18 Å². The number of ether oxygens (including phenoxy) is 1. The molecule has 1 saturated heterocycles. The van der Waals surface area contributed by atoms with E-state index in [0.717, 1.165) is 43.4 Å². The average molecular weight is 336 g/mol. The van der Waals surface area contributed by atoms with Gasteiger partial charge in [-0.05, 0) is 42.8 Å². The van der Waals surface area contributed by atoms with Crippen LogP contribution in [0.2, 0.25) is 0 Å². The summed E-state index contributed by atoms with van der Waals surface area (Å²) in [6.07, 6.45) is -3.57. The van der Waals surface area contributed by atoms with E-state index in [9.17, 15) is 13.2 Å². The summed E-state index contributed by atoms with van der Waals surface area (Å²) in [7, 11) is 1.63. The number of rotatable bonds is 4. The van der Waals surface area contributed by atoms with E-state index in [4.69, 9.17) is 4.74 Å². The molecule has 0 bridgehead atoms. The first-order chi connectivity index (χ1) is 11.5. The standard InChI is InChI=1S/C18H19F3N2O/c1-24-15-7-5-13(6-8-15)11-23-10-9-14(12-23)16-3-2-4-17(22-16)18(19,20)21/h2-8,14H,9-12H2,1H3. The van der Waals surface area contributed by atoms with Crippen molar-refractivity contribution in [2.24, 2.45) is 0 Å². The highest BCUT2D eigenvalue weighted by atomic mass is 19.4. The molecule has 1 aliphatic heterocycles. The van der Waals surface area contributed by atoms with Gasteiger partial charge in [0, 0.05) is 24.7 Å². The summed E-state index contributed by atoms with van der Waals surface area (Å²) in [4.78, 5) is 6.07. The Balaban J connectivity index is 1.64. The van der Waals surface area contributed by atoms with Crippen LogP contribution in [0.4, 0.5) is 13.2 Å². The second-order valence-corrected chi connectivity index (χ2v) is 6.01. The van der Waals surface area contributed by atoms with Gasteiger partial charge in [-0.3, -0.25) is 4.90 Å². The van der Waals surface area contributed by atoms with Gasteiger partial charge in [-0.1, -0.05) is 18.2 Å². The number of methoxy groups -OCH3 is 1. The number of halogens is 3. The molecular weight excluding hydrogens is 317 g/mol. The van der Waals surface area contributed by atoms with Crippen molar-refractivity contribution in [2.45, 2.75) is 25.1 Å². The number of hydrogen-bond acceptors (Lipinski definition) is 3. The molecule has 128 valence electrons. The van der Waals surface area contributed by atoms with Crippen LogP contribution >= 0.6 is 0 Å². The molecule has 0 saturated carbocycles. The molecular formula is C18H19F3N2O. The summed E-state index contributed by atoms with van der Waals surface area (Å²) < 4.78 is 43.5. The molecule has 0 amide bonds. The quantitative estimate of drug-likeness (QED) is 0.841. The minimum Gasteiger partial charge on any atom is -0.497 e. The van der Waals surface area contributed by atoms with Crippen LogP contribution in [0.3, 0.4) is 0 Å². The smallest absolute Gasteiger partial charge is 0.433 e. The maximum absolute atomic E-state index is 12.8. The molecule has 1 fully saturated rings. The minimum atomic E-state index is -4.39. The van der Waals surface area contributed by atoms with E-state index in [-0.39, 0.29) is 5.92 Å². The van der Waals surface area contributed by atoms with Gasteiger partial charge in [0.05, 0.1) is 7.11 Å². The zero-order valence-electron chi connectivity index (χ0n) is 13.4. The third-order valence-corrected chi connectivity index (χ3v) is 4.32. The van der Waals surface area contributed by atoms with E-state index in [2.05, 4.69) is 9.88 Å². The second kappa shape index (κ2) is 6.81. The number of hydrogen-bond donors (Lipinski definition) is 0. The van der Waals surface area contributed by atoms with Crippen molar-refractivity contribution in [1.82, 2.24) is 9.88 Å². The normalized spacial score (nSPS) is 18.8. The van der Waals surface area contributed by atoms with E-state index in [1.807, 2.05) is 24.3 Å². The highest BCUT2D eigenvalue weighted by Gasteiger charge is 2.33. The number of pyridine rings is 1. The van der Waals surface area contributed by atoms with Crippen LogP contribution in [0.25, 0.3) is 0 Å². The van der Waals surface area contributed by atoms with E-state index in [1.54, 1.807) is 13.2 Å². The van der Waals surface area contributed by atoms with Crippen LogP contribution in [-0.2, 0) is 12.7 Å². The largest absolute Gasteiger partial charge is 0.497 e. The number of benzene rings is 1. The van der Waals surface area contributed by atoms with Gasteiger partial charge in [-0.2, -0.15) is 13.2 Å². The van der Waals surface area contributed by atoms with Crippen molar-refractivity contribution in [2.75, 3.05) is 20.2 Å². The van der Waals surface area contributed by atoms with Gasteiger partial charge in [0.2, 0.25) is 0 Å². The number of nitrogens with zero attached hydrogens (tertiary/aromatic N) is 2. The van der Waals surface area contributed by atoms with E-state index >= 15 is 0 Å². The Labute approximate surface area is 139 Å². The Morgan fingerprint density at radius 3 is 2.58 bits per heavy atom. The van der Waals surface area contributed by atoms with Crippen molar-refractivity contribution in [3.8, 4) is 5.75 Å². The molecule has 3 nitrogen and oxygen atoms in total. The first-order valence-electron chi connectivity index (χ1n) is 7.85. The molecule has 2 aromatic rings. The molecule has 1 aromatic carbocycles. The van der Waals surface area contributed by atoms with Gasteiger partial charge in [0.15, 0.2) is 0 Å². The van der Waals surface area contributed by atoms with Crippen LogP contribution in [0.5, 0.6) is 5.75 Å². The topological polar surface area (TPSA) is 25.4 Å². The molecule has 1 unspecified atom stereocenters. The number of aromatic nitrogens is 1. The molecule has 0 aliphatic carbocycles. The van der Waals surface area contributed by atoms with Gasteiger partial charge in [-0.15, -0.1) is 0 Å². The predicted octanol–water partition coefficient (Wildman–Crippen LogP) is 4.10. The van der Waals surface area contributed by atoms with E-state index in [0.29, 0.717) is 5.69 Å². The lowest BCUT2D eigenvalue weighted by atomic mass is 10.0. The molecule has 3 rings (SSSR count). The monoisotopic (exact) mass is 336 g/mol. The SMILES string of the molecule is COc1ccc(CN2CCC(c3cccc(C(F)(F)F)n3)C2)cc1. The van der Waals surface area contributed by atoms with Crippen molar-refractivity contribution < 1.29 is 17.9 Å². The molecule has 0 radical (unpaired) electrons. The van der Waals surface area contributed by atoms with Crippen molar-refractivity contribution in [3.05, 3.63) is 59.4 Å². The number of alkyl halides is 3. The molecule has 0 N–H and O–H groups in total. The summed E-state index contributed by atoms with van der Waals surface area (Å²) >= 11 is 0. The third kappa shape index (κ3) is 3.87. The van der Waals surface area contributed by atoms with E-state index in [1.165, 1.54) is 6.07 Å². The summed E-state index contributed by atoms with van der Waals surface area (Å²) in [5, 5.41) is 0. The molecule has 24 heavy (non-hydrogen) atoms. The molecule has 6 heteroatoms. The van der Waals surface area contributed by atoms with Crippen molar-refractivity contribution >= 4 is 0 Å². The predicted molar refractivity (Wildman–Crippen MR) is 84.9 cm³/mol. The highest BCUT2D eigenvalue weighted by molar-refractivity contribution is 5.27. The van der Waals surface area contributed by atoms with Gasteiger partial charge < -0.3 is 4.74 Å². The fourth-order valence-electron chi connectivity index (χ4n) is 3.04. The maximum Gasteiger partial charge on any atom is 0.433 e. The van der Waals surface area contributed by atoms with Gasteiger partial charge in [-0.25, -0.2) is 4.98 Å². The van der Waals surface area contributed by atoms with Crippen molar-refractivity contribution in [3.63, 3.8) is 0 Å². The first-order valence-corrected chi connectivity index (χ1v) is 7.85. The van der Waals surface area contributed by atoms with Crippen LogP contribution in [-0.4, -0.2) is 30.1 Å². The van der Waals surface area contributed by atoms with Gasteiger partial charge in [0.1, 0.15) is 11.4 Å². The maximum atomic E-state index is 12.8. The average Bonchev–Trinajstić information content (AvgIpc) is 3.03. The Bertz CT molecular complexity index is 685. The van der Waals surface area contributed by atoms with E-state index < -0.39 is 11.9 Å². The molecule has 1 aliphatic rings.